The molecule has 4 nitrogen and oxygen atoms in total. The number of nitrogens with zero attached hydrogens (tertiary/aromatic N) is 1. The van der Waals surface area contributed by atoms with Crippen molar-refractivity contribution in [1.29, 1.82) is 0 Å². The molecule has 1 aromatic carbocycles. The maximum absolute atomic E-state index is 9.32. The van der Waals surface area contributed by atoms with Crippen molar-refractivity contribution in [3.63, 3.8) is 0 Å². The normalized spacial score (nSPS) is 17.6. The summed E-state index contributed by atoms with van der Waals surface area (Å²) in [5.41, 5.74) is 2.23. The van der Waals surface area contributed by atoms with E-state index in [-0.39, 0.29) is 12.5 Å². The first-order chi connectivity index (χ1) is 8.76. The third-order valence-electron chi connectivity index (χ3n) is 3.39. The molecule has 1 unspecified atom stereocenters. The van der Waals surface area contributed by atoms with Gasteiger partial charge in [-0.25, -0.2) is 0 Å². The van der Waals surface area contributed by atoms with E-state index in [4.69, 9.17) is 9.47 Å². The Balaban J connectivity index is 2.26. The van der Waals surface area contributed by atoms with Crippen molar-refractivity contribution in [2.45, 2.75) is 12.8 Å². The third-order valence-corrected chi connectivity index (χ3v) is 3.39. The fourth-order valence-electron chi connectivity index (χ4n) is 2.22. The first-order valence-corrected chi connectivity index (χ1v) is 6.37. The molecule has 0 aromatic heterocycles. The molecule has 0 radical (unpaired) electrons. The zero-order chi connectivity index (χ0) is 13.0. The summed E-state index contributed by atoms with van der Waals surface area (Å²) in [7, 11) is 1.66. The van der Waals surface area contributed by atoms with Crippen LogP contribution in [-0.2, 0) is 4.74 Å². The van der Waals surface area contributed by atoms with Crippen LogP contribution in [0.5, 0.6) is 5.75 Å². The minimum Gasteiger partial charge on any atom is -0.496 e. The van der Waals surface area contributed by atoms with Crippen LogP contribution < -0.4 is 9.64 Å². The van der Waals surface area contributed by atoms with E-state index in [2.05, 4.69) is 17.0 Å². The number of ether oxygens (including phenoxy) is 2. The van der Waals surface area contributed by atoms with E-state index < -0.39 is 0 Å². The molecule has 4 heteroatoms. The Hall–Kier alpha value is -1.26. The smallest absolute Gasteiger partial charge is 0.122 e. The maximum atomic E-state index is 9.32. The Morgan fingerprint density at radius 2 is 2.11 bits per heavy atom. The van der Waals surface area contributed by atoms with Gasteiger partial charge in [-0.3, -0.25) is 0 Å². The highest BCUT2D eigenvalue weighted by atomic mass is 16.5. The molecule has 1 atom stereocenters. The van der Waals surface area contributed by atoms with Crippen molar-refractivity contribution in [2.75, 3.05) is 44.9 Å². The Morgan fingerprint density at radius 3 is 2.72 bits per heavy atom. The summed E-state index contributed by atoms with van der Waals surface area (Å²) in [5.74, 6) is 0.925. The van der Waals surface area contributed by atoms with Gasteiger partial charge in [0.15, 0.2) is 0 Å². The van der Waals surface area contributed by atoms with E-state index in [0.717, 1.165) is 37.6 Å². The van der Waals surface area contributed by atoms with Crippen molar-refractivity contribution in [1.82, 2.24) is 0 Å². The van der Waals surface area contributed by atoms with Gasteiger partial charge in [0.1, 0.15) is 5.75 Å². The molecular formula is C14H21NO3. The SMILES string of the molecule is COc1ccc(N2CCOCC2)cc1C(C)CO. The quantitative estimate of drug-likeness (QED) is 0.883. The lowest BCUT2D eigenvalue weighted by atomic mass is 10.00. The van der Waals surface area contributed by atoms with Gasteiger partial charge in [-0.15, -0.1) is 0 Å². The summed E-state index contributed by atoms with van der Waals surface area (Å²) in [4.78, 5) is 2.30. The van der Waals surface area contributed by atoms with Gasteiger partial charge in [-0.05, 0) is 18.2 Å². The van der Waals surface area contributed by atoms with Crippen molar-refractivity contribution in [3.05, 3.63) is 23.8 Å². The van der Waals surface area contributed by atoms with Crippen molar-refractivity contribution in [3.8, 4) is 5.75 Å². The van der Waals surface area contributed by atoms with Crippen molar-refractivity contribution in [2.24, 2.45) is 0 Å². The van der Waals surface area contributed by atoms with Gasteiger partial charge in [0, 0.05) is 36.9 Å². The van der Waals surface area contributed by atoms with Gasteiger partial charge in [0.2, 0.25) is 0 Å². The maximum Gasteiger partial charge on any atom is 0.122 e. The topological polar surface area (TPSA) is 41.9 Å². The van der Waals surface area contributed by atoms with Crippen LogP contribution >= 0.6 is 0 Å². The second-order valence-corrected chi connectivity index (χ2v) is 4.61. The molecular weight excluding hydrogens is 230 g/mol. The van der Waals surface area contributed by atoms with Gasteiger partial charge in [-0.2, -0.15) is 0 Å². The summed E-state index contributed by atoms with van der Waals surface area (Å²) < 4.78 is 10.7. The molecule has 18 heavy (non-hydrogen) atoms. The van der Waals surface area contributed by atoms with Crippen LogP contribution in [0.15, 0.2) is 18.2 Å². The van der Waals surface area contributed by atoms with Crippen molar-refractivity contribution < 1.29 is 14.6 Å². The lowest BCUT2D eigenvalue weighted by Crippen LogP contribution is -2.36. The lowest BCUT2D eigenvalue weighted by molar-refractivity contribution is 0.122. The van der Waals surface area contributed by atoms with E-state index in [1.165, 1.54) is 5.69 Å². The zero-order valence-corrected chi connectivity index (χ0v) is 11.1. The first kappa shape index (κ1) is 13.2. The number of aliphatic hydroxyl groups excluding tert-OH is 1. The number of hydrogen-bond donors (Lipinski definition) is 1. The number of hydrogen-bond acceptors (Lipinski definition) is 4. The highest BCUT2D eigenvalue weighted by Crippen LogP contribution is 2.31. The Labute approximate surface area is 108 Å². The average molecular weight is 251 g/mol. The molecule has 0 aliphatic carbocycles. The van der Waals surface area contributed by atoms with Gasteiger partial charge in [0.25, 0.3) is 0 Å². The van der Waals surface area contributed by atoms with Gasteiger partial charge >= 0.3 is 0 Å². The minimum atomic E-state index is 0.0842. The Kier molecular flexibility index (Phi) is 4.44. The molecule has 100 valence electrons. The van der Waals surface area contributed by atoms with Crippen LogP contribution in [0.1, 0.15) is 18.4 Å². The average Bonchev–Trinajstić information content (AvgIpc) is 2.46. The van der Waals surface area contributed by atoms with Gasteiger partial charge in [-0.1, -0.05) is 6.92 Å². The van der Waals surface area contributed by atoms with Crippen molar-refractivity contribution >= 4 is 5.69 Å². The molecule has 0 spiro atoms. The molecule has 0 amide bonds. The molecule has 0 saturated carbocycles. The van der Waals surface area contributed by atoms with E-state index >= 15 is 0 Å². The van der Waals surface area contributed by atoms with E-state index in [9.17, 15) is 5.11 Å². The van der Waals surface area contributed by atoms with Crippen LogP contribution in [0.4, 0.5) is 5.69 Å². The second kappa shape index (κ2) is 6.07. The highest BCUT2D eigenvalue weighted by molar-refractivity contribution is 5.54. The molecule has 2 rings (SSSR count). The summed E-state index contributed by atoms with van der Waals surface area (Å²) in [6.07, 6.45) is 0. The fraction of sp³-hybridized carbons (Fsp3) is 0.571. The molecule has 1 aliphatic rings. The van der Waals surface area contributed by atoms with Crippen LogP contribution in [0.3, 0.4) is 0 Å². The largest absolute Gasteiger partial charge is 0.496 e. The van der Waals surface area contributed by atoms with Crippen LogP contribution in [0, 0.1) is 0 Å². The summed E-state index contributed by atoms with van der Waals surface area (Å²) in [6, 6.07) is 6.16. The van der Waals surface area contributed by atoms with E-state index in [1.807, 2.05) is 13.0 Å². The molecule has 1 N–H and O–H groups in total. The number of anilines is 1. The van der Waals surface area contributed by atoms with Crippen LogP contribution in [0.25, 0.3) is 0 Å². The number of morpholine rings is 1. The predicted octanol–water partition coefficient (Wildman–Crippen LogP) is 1.63. The van der Waals surface area contributed by atoms with Crippen LogP contribution in [0.2, 0.25) is 0 Å². The summed E-state index contributed by atoms with van der Waals surface area (Å²) in [6.45, 7) is 5.51. The molecule has 1 heterocycles. The lowest BCUT2D eigenvalue weighted by Gasteiger charge is -2.29. The Bertz CT molecular complexity index is 389. The summed E-state index contributed by atoms with van der Waals surface area (Å²) in [5, 5.41) is 9.32. The molecule has 1 fully saturated rings. The molecule has 1 saturated heterocycles. The monoisotopic (exact) mass is 251 g/mol. The third kappa shape index (κ3) is 2.76. The Morgan fingerprint density at radius 1 is 1.39 bits per heavy atom. The number of benzene rings is 1. The fourth-order valence-corrected chi connectivity index (χ4v) is 2.22. The molecule has 1 aliphatic heterocycles. The molecule has 1 aromatic rings. The number of rotatable bonds is 4. The highest BCUT2D eigenvalue weighted by Gasteiger charge is 2.16. The van der Waals surface area contributed by atoms with Crippen LogP contribution in [-0.4, -0.2) is 45.1 Å². The minimum absolute atomic E-state index is 0.0842. The number of methoxy groups -OCH3 is 1. The summed E-state index contributed by atoms with van der Waals surface area (Å²) >= 11 is 0. The first-order valence-electron chi connectivity index (χ1n) is 6.37. The standard InChI is InChI=1S/C14H21NO3/c1-11(10-16)13-9-12(3-4-14(13)17-2)15-5-7-18-8-6-15/h3-4,9,11,16H,5-8,10H2,1-2H3. The molecule has 0 bridgehead atoms. The van der Waals surface area contributed by atoms with E-state index in [1.54, 1.807) is 7.11 Å². The number of aliphatic hydroxyl groups is 1. The zero-order valence-electron chi connectivity index (χ0n) is 11.1. The van der Waals surface area contributed by atoms with E-state index in [0.29, 0.717) is 0 Å². The second-order valence-electron chi connectivity index (χ2n) is 4.61. The van der Waals surface area contributed by atoms with Gasteiger partial charge in [0.05, 0.1) is 20.3 Å². The van der Waals surface area contributed by atoms with Gasteiger partial charge < -0.3 is 19.5 Å². The predicted molar refractivity (Wildman–Crippen MR) is 71.5 cm³/mol.